The molecule has 0 radical (unpaired) electrons. The van der Waals surface area contributed by atoms with Crippen LogP contribution in [-0.2, 0) is 24.4 Å². The van der Waals surface area contributed by atoms with Gasteiger partial charge in [0, 0.05) is 20.2 Å². The SMILES string of the molecule is COCc1ccccc1CNCc1cccc(O)c1. The highest BCUT2D eigenvalue weighted by Crippen LogP contribution is 2.12. The van der Waals surface area contributed by atoms with Gasteiger partial charge in [-0.15, -0.1) is 0 Å². The van der Waals surface area contributed by atoms with Crippen LogP contribution in [0.25, 0.3) is 0 Å². The molecule has 2 aromatic carbocycles. The maximum Gasteiger partial charge on any atom is 0.115 e. The van der Waals surface area contributed by atoms with Crippen molar-refractivity contribution >= 4 is 0 Å². The zero-order valence-corrected chi connectivity index (χ0v) is 11.1. The molecule has 0 saturated heterocycles. The molecule has 0 atom stereocenters. The molecule has 0 unspecified atom stereocenters. The molecular weight excluding hydrogens is 238 g/mol. The summed E-state index contributed by atoms with van der Waals surface area (Å²) in [7, 11) is 1.71. The van der Waals surface area contributed by atoms with Crippen LogP contribution in [0.15, 0.2) is 48.5 Å². The van der Waals surface area contributed by atoms with Gasteiger partial charge in [0.25, 0.3) is 0 Å². The standard InChI is InChI=1S/C16H19NO2/c1-19-12-15-7-3-2-6-14(15)11-17-10-13-5-4-8-16(18)9-13/h2-9,17-18H,10-12H2,1H3. The first-order valence-corrected chi connectivity index (χ1v) is 6.34. The molecule has 2 N–H and O–H groups in total. The Kier molecular flexibility index (Phi) is 4.95. The fourth-order valence-electron chi connectivity index (χ4n) is 2.03. The molecule has 0 aliphatic heterocycles. The van der Waals surface area contributed by atoms with E-state index in [1.165, 1.54) is 11.1 Å². The van der Waals surface area contributed by atoms with Crippen molar-refractivity contribution in [3.63, 3.8) is 0 Å². The van der Waals surface area contributed by atoms with E-state index in [2.05, 4.69) is 17.4 Å². The van der Waals surface area contributed by atoms with Gasteiger partial charge in [0.2, 0.25) is 0 Å². The van der Waals surface area contributed by atoms with E-state index in [0.717, 1.165) is 18.7 Å². The average Bonchev–Trinajstić information content (AvgIpc) is 2.41. The van der Waals surface area contributed by atoms with Crippen LogP contribution in [0.4, 0.5) is 0 Å². The second-order valence-electron chi connectivity index (χ2n) is 4.48. The first-order chi connectivity index (χ1) is 9.29. The minimum Gasteiger partial charge on any atom is -0.508 e. The van der Waals surface area contributed by atoms with Crippen LogP contribution in [0.2, 0.25) is 0 Å². The van der Waals surface area contributed by atoms with Crippen molar-refractivity contribution in [2.24, 2.45) is 0 Å². The normalized spacial score (nSPS) is 10.6. The van der Waals surface area contributed by atoms with Gasteiger partial charge in [-0.1, -0.05) is 36.4 Å². The molecule has 19 heavy (non-hydrogen) atoms. The lowest BCUT2D eigenvalue weighted by Gasteiger charge is -2.10. The molecule has 0 aliphatic carbocycles. The van der Waals surface area contributed by atoms with Gasteiger partial charge in [-0.05, 0) is 28.8 Å². The number of aromatic hydroxyl groups is 1. The number of rotatable bonds is 6. The summed E-state index contributed by atoms with van der Waals surface area (Å²) < 4.78 is 5.19. The summed E-state index contributed by atoms with van der Waals surface area (Å²) in [5, 5.41) is 12.8. The number of hydrogen-bond acceptors (Lipinski definition) is 3. The molecule has 2 aromatic rings. The number of nitrogens with one attached hydrogen (secondary N) is 1. The number of ether oxygens (including phenoxy) is 1. The largest absolute Gasteiger partial charge is 0.508 e. The molecule has 0 aromatic heterocycles. The number of phenolic OH excluding ortho intramolecular Hbond substituents is 1. The topological polar surface area (TPSA) is 41.5 Å². The lowest BCUT2D eigenvalue weighted by molar-refractivity contribution is 0.184. The number of hydrogen-bond donors (Lipinski definition) is 2. The van der Waals surface area contributed by atoms with E-state index in [-0.39, 0.29) is 0 Å². The molecule has 100 valence electrons. The Labute approximate surface area is 113 Å². The van der Waals surface area contributed by atoms with Crippen LogP contribution in [0, 0.1) is 0 Å². The second kappa shape index (κ2) is 6.92. The molecular formula is C16H19NO2. The van der Waals surface area contributed by atoms with E-state index in [9.17, 15) is 5.11 Å². The molecule has 0 spiro atoms. The summed E-state index contributed by atoms with van der Waals surface area (Å²) in [5.74, 6) is 0.305. The molecule has 0 bridgehead atoms. The highest BCUT2D eigenvalue weighted by atomic mass is 16.5. The van der Waals surface area contributed by atoms with E-state index in [1.54, 1.807) is 19.2 Å². The minimum atomic E-state index is 0.305. The zero-order valence-electron chi connectivity index (χ0n) is 11.1. The van der Waals surface area contributed by atoms with Crippen molar-refractivity contribution in [2.75, 3.05) is 7.11 Å². The summed E-state index contributed by atoms with van der Waals surface area (Å²) >= 11 is 0. The third-order valence-electron chi connectivity index (χ3n) is 2.97. The lowest BCUT2D eigenvalue weighted by atomic mass is 10.1. The Balaban J connectivity index is 1.92. The second-order valence-corrected chi connectivity index (χ2v) is 4.48. The van der Waals surface area contributed by atoms with Crippen molar-refractivity contribution in [3.8, 4) is 5.75 Å². The molecule has 0 heterocycles. The molecule has 0 fully saturated rings. The summed E-state index contributed by atoms with van der Waals surface area (Å²) in [5.41, 5.74) is 3.52. The Morgan fingerprint density at radius 1 is 1.00 bits per heavy atom. The zero-order chi connectivity index (χ0) is 13.5. The minimum absolute atomic E-state index is 0.305. The van der Waals surface area contributed by atoms with Gasteiger partial charge in [-0.2, -0.15) is 0 Å². The van der Waals surface area contributed by atoms with Crippen LogP contribution < -0.4 is 5.32 Å². The maximum atomic E-state index is 9.40. The number of methoxy groups -OCH3 is 1. The molecule has 0 saturated carbocycles. The van der Waals surface area contributed by atoms with E-state index in [0.29, 0.717) is 12.4 Å². The Bertz CT molecular complexity index is 526. The third-order valence-corrected chi connectivity index (χ3v) is 2.97. The summed E-state index contributed by atoms with van der Waals surface area (Å²) in [4.78, 5) is 0. The van der Waals surface area contributed by atoms with Crippen LogP contribution >= 0.6 is 0 Å². The van der Waals surface area contributed by atoms with Crippen molar-refractivity contribution in [1.29, 1.82) is 0 Å². The van der Waals surface area contributed by atoms with Gasteiger partial charge in [-0.3, -0.25) is 0 Å². The van der Waals surface area contributed by atoms with Crippen LogP contribution in [0.3, 0.4) is 0 Å². The van der Waals surface area contributed by atoms with Gasteiger partial charge in [-0.25, -0.2) is 0 Å². The van der Waals surface area contributed by atoms with Crippen molar-refractivity contribution < 1.29 is 9.84 Å². The Morgan fingerprint density at radius 3 is 2.53 bits per heavy atom. The highest BCUT2D eigenvalue weighted by molar-refractivity contribution is 5.28. The van der Waals surface area contributed by atoms with Crippen molar-refractivity contribution in [3.05, 3.63) is 65.2 Å². The lowest BCUT2D eigenvalue weighted by Crippen LogP contribution is -2.14. The smallest absolute Gasteiger partial charge is 0.115 e. The third kappa shape index (κ3) is 4.09. The number of benzene rings is 2. The molecule has 3 nitrogen and oxygen atoms in total. The van der Waals surface area contributed by atoms with Gasteiger partial charge in [0.1, 0.15) is 5.75 Å². The van der Waals surface area contributed by atoms with E-state index < -0.39 is 0 Å². The first kappa shape index (κ1) is 13.6. The predicted molar refractivity (Wildman–Crippen MR) is 75.8 cm³/mol. The summed E-state index contributed by atoms with van der Waals surface area (Å²) in [6, 6.07) is 15.5. The van der Waals surface area contributed by atoms with Gasteiger partial charge in [0.15, 0.2) is 0 Å². The predicted octanol–water partition coefficient (Wildman–Crippen LogP) is 2.83. The fourth-order valence-corrected chi connectivity index (χ4v) is 2.03. The fraction of sp³-hybridized carbons (Fsp3) is 0.250. The van der Waals surface area contributed by atoms with Crippen molar-refractivity contribution in [1.82, 2.24) is 5.32 Å². The molecule has 0 aliphatic rings. The van der Waals surface area contributed by atoms with Gasteiger partial charge >= 0.3 is 0 Å². The average molecular weight is 257 g/mol. The summed E-state index contributed by atoms with van der Waals surface area (Å²) in [6.07, 6.45) is 0. The number of phenols is 1. The van der Waals surface area contributed by atoms with Crippen LogP contribution in [0.1, 0.15) is 16.7 Å². The molecule has 3 heteroatoms. The van der Waals surface area contributed by atoms with Crippen LogP contribution in [-0.4, -0.2) is 12.2 Å². The van der Waals surface area contributed by atoms with E-state index >= 15 is 0 Å². The highest BCUT2D eigenvalue weighted by Gasteiger charge is 2.01. The maximum absolute atomic E-state index is 9.40. The van der Waals surface area contributed by atoms with E-state index in [1.807, 2.05) is 24.3 Å². The van der Waals surface area contributed by atoms with E-state index in [4.69, 9.17) is 4.74 Å². The van der Waals surface area contributed by atoms with Gasteiger partial charge < -0.3 is 15.2 Å². The monoisotopic (exact) mass is 257 g/mol. The van der Waals surface area contributed by atoms with Crippen molar-refractivity contribution in [2.45, 2.75) is 19.7 Å². The molecule has 2 rings (SSSR count). The van der Waals surface area contributed by atoms with Gasteiger partial charge in [0.05, 0.1) is 6.61 Å². The Hall–Kier alpha value is -1.84. The quantitative estimate of drug-likeness (QED) is 0.836. The first-order valence-electron chi connectivity index (χ1n) is 6.34. The molecule has 0 amide bonds. The summed E-state index contributed by atoms with van der Waals surface area (Å²) in [6.45, 7) is 2.15. The van der Waals surface area contributed by atoms with Crippen LogP contribution in [0.5, 0.6) is 5.75 Å². The Morgan fingerprint density at radius 2 is 1.79 bits per heavy atom.